The lowest BCUT2D eigenvalue weighted by Gasteiger charge is -2.13. The van der Waals surface area contributed by atoms with Crippen LogP contribution in [0.2, 0.25) is 0 Å². The van der Waals surface area contributed by atoms with E-state index in [0.717, 1.165) is 33.6 Å². The highest BCUT2D eigenvalue weighted by atomic mass is 16.5. The molecule has 36 heavy (non-hydrogen) atoms. The number of aromatic amines is 1. The van der Waals surface area contributed by atoms with Crippen LogP contribution in [-0.2, 0) is 17.8 Å². The van der Waals surface area contributed by atoms with E-state index in [9.17, 15) is 4.79 Å². The summed E-state index contributed by atoms with van der Waals surface area (Å²) in [6.07, 6.45) is 3.61. The van der Waals surface area contributed by atoms with Gasteiger partial charge in [0.2, 0.25) is 5.91 Å². The first kappa shape index (κ1) is 22.9. The molecule has 2 heterocycles. The van der Waals surface area contributed by atoms with Gasteiger partial charge in [-0.05, 0) is 34.9 Å². The Labute approximate surface area is 209 Å². The lowest BCUT2D eigenvalue weighted by Crippen LogP contribution is -2.24. The van der Waals surface area contributed by atoms with Gasteiger partial charge >= 0.3 is 0 Å². The van der Waals surface area contributed by atoms with Crippen molar-refractivity contribution < 1.29 is 9.53 Å². The number of amides is 1. The maximum absolute atomic E-state index is 12.7. The molecular formula is C29H25N5O2. The maximum atomic E-state index is 12.7. The normalized spacial score (nSPS) is 10.7. The summed E-state index contributed by atoms with van der Waals surface area (Å²) < 4.78 is 6.16. The third kappa shape index (κ3) is 5.59. The molecule has 5 rings (SSSR count). The van der Waals surface area contributed by atoms with Crippen molar-refractivity contribution in [3.63, 3.8) is 0 Å². The Hall–Kier alpha value is -4.91. The van der Waals surface area contributed by atoms with E-state index in [4.69, 9.17) is 10.5 Å². The fraction of sp³-hybridized carbons (Fsp3) is 0.0690. The Balaban J connectivity index is 1.27. The first-order valence-electron chi connectivity index (χ1n) is 11.6. The summed E-state index contributed by atoms with van der Waals surface area (Å²) in [4.78, 5) is 24.4. The van der Waals surface area contributed by atoms with Gasteiger partial charge < -0.3 is 20.8 Å². The number of hydrogen-bond acceptors (Lipinski definition) is 5. The minimum Gasteiger partial charge on any atom is -0.455 e. The molecule has 0 radical (unpaired) electrons. The highest BCUT2D eigenvalue weighted by molar-refractivity contribution is 5.79. The first-order valence-corrected chi connectivity index (χ1v) is 11.6. The number of pyridine rings is 1. The van der Waals surface area contributed by atoms with Gasteiger partial charge in [-0.25, -0.2) is 4.98 Å². The van der Waals surface area contributed by atoms with Gasteiger partial charge in [0.05, 0.1) is 18.3 Å². The lowest BCUT2D eigenvalue weighted by atomic mass is 10.1. The van der Waals surface area contributed by atoms with Gasteiger partial charge in [-0.15, -0.1) is 0 Å². The number of aromatic nitrogens is 3. The molecule has 0 saturated heterocycles. The molecule has 2 aromatic heterocycles. The van der Waals surface area contributed by atoms with E-state index >= 15 is 0 Å². The van der Waals surface area contributed by atoms with E-state index < -0.39 is 0 Å². The number of carbonyl (C=O) groups excluding carboxylic acids is 1. The summed E-state index contributed by atoms with van der Waals surface area (Å²) in [5.74, 6) is 1.59. The maximum Gasteiger partial charge on any atom is 0.224 e. The average molecular weight is 476 g/mol. The lowest BCUT2D eigenvalue weighted by molar-refractivity contribution is -0.120. The van der Waals surface area contributed by atoms with E-state index in [1.807, 2.05) is 91.0 Å². The van der Waals surface area contributed by atoms with Crippen molar-refractivity contribution in [2.45, 2.75) is 13.0 Å². The minimum atomic E-state index is -0.0969. The van der Waals surface area contributed by atoms with E-state index in [1.54, 1.807) is 12.4 Å². The zero-order chi connectivity index (χ0) is 24.7. The molecule has 0 aliphatic heterocycles. The van der Waals surface area contributed by atoms with Crippen LogP contribution in [0.5, 0.6) is 11.5 Å². The molecule has 3 aromatic carbocycles. The number of imidazole rings is 1. The highest BCUT2D eigenvalue weighted by Crippen LogP contribution is 2.32. The molecule has 7 heteroatoms. The zero-order valence-electron chi connectivity index (χ0n) is 19.5. The fourth-order valence-electron chi connectivity index (χ4n) is 3.82. The fourth-order valence-corrected chi connectivity index (χ4v) is 3.82. The Morgan fingerprint density at radius 2 is 1.56 bits per heavy atom. The summed E-state index contributed by atoms with van der Waals surface area (Å²) in [6.45, 7) is 0.424. The van der Waals surface area contributed by atoms with E-state index in [1.165, 1.54) is 0 Å². The van der Waals surface area contributed by atoms with Gasteiger partial charge in [0.15, 0.2) is 11.7 Å². The molecule has 0 aliphatic carbocycles. The van der Waals surface area contributed by atoms with Crippen molar-refractivity contribution in [1.82, 2.24) is 20.3 Å². The van der Waals surface area contributed by atoms with Crippen molar-refractivity contribution >= 4 is 11.9 Å². The summed E-state index contributed by atoms with van der Waals surface area (Å²) in [5.41, 5.74) is 10.9. The van der Waals surface area contributed by atoms with Crippen LogP contribution in [0.15, 0.2) is 103 Å². The topological polar surface area (TPSA) is 106 Å². The minimum absolute atomic E-state index is 0.0969. The van der Waals surface area contributed by atoms with Crippen LogP contribution in [0.25, 0.3) is 22.5 Å². The van der Waals surface area contributed by atoms with Gasteiger partial charge in [-0.3, -0.25) is 9.78 Å². The number of anilines is 1. The van der Waals surface area contributed by atoms with Crippen LogP contribution in [0.4, 0.5) is 5.95 Å². The monoisotopic (exact) mass is 475 g/mol. The van der Waals surface area contributed by atoms with Crippen molar-refractivity contribution in [3.05, 3.63) is 115 Å². The van der Waals surface area contributed by atoms with Gasteiger partial charge in [0.1, 0.15) is 11.4 Å². The predicted molar refractivity (Wildman–Crippen MR) is 140 cm³/mol. The Morgan fingerprint density at radius 3 is 2.25 bits per heavy atom. The van der Waals surface area contributed by atoms with E-state index in [-0.39, 0.29) is 12.3 Å². The van der Waals surface area contributed by atoms with Gasteiger partial charge in [0.25, 0.3) is 0 Å². The Kier molecular flexibility index (Phi) is 6.71. The van der Waals surface area contributed by atoms with Crippen LogP contribution in [-0.4, -0.2) is 20.9 Å². The number of para-hydroxylation sites is 1. The van der Waals surface area contributed by atoms with Crippen molar-refractivity contribution in [2.75, 3.05) is 5.73 Å². The molecule has 0 unspecified atom stereocenters. The predicted octanol–water partition coefficient (Wildman–Crippen LogP) is 5.37. The Morgan fingerprint density at radius 1 is 0.833 bits per heavy atom. The second-order valence-electron chi connectivity index (χ2n) is 8.30. The molecule has 0 atom stereocenters. The number of nitrogens with one attached hydrogen (secondary N) is 2. The summed E-state index contributed by atoms with van der Waals surface area (Å²) >= 11 is 0. The molecule has 0 bridgehead atoms. The quantitative estimate of drug-likeness (QED) is 0.280. The highest BCUT2D eigenvalue weighted by Gasteiger charge is 2.13. The first-order chi connectivity index (χ1) is 17.6. The summed E-state index contributed by atoms with van der Waals surface area (Å²) in [5, 5.41) is 2.98. The van der Waals surface area contributed by atoms with Crippen molar-refractivity contribution in [3.8, 4) is 34.0 Å². The largest absolute Gasteiger partial charge is 0.455 e. The van der Waals surface area contributed by atoms with Gasteiger partial charge in [0, 0.05) is 18.3 Å². The number of benzene rings is 3. The summed E-state index contributed by atoms with van der Waals surface area (Å²) in [7, 11) is 0. The van der Waals surface area contributed by atoms with E-state index in [0.29, 0.717) is 24.0 Å². The smallest absolute Gasteiger partial charge is 0.224 e. The SMILES string of the molecule is Nc1ncc(-c2ccc(CNC(=O)Cc3cnc(-c4ccccc4)c(Oc4ccccc4)c3)cc2)[nH]1. The van der Waals surface area contributed by atoms with Gasteiger partial charge in [-0.1, -0.05) is 72.8 Å². The number of nitrogens with zero attached hydrogens (tertiary/aromatic N) is 2. The zero-order valence-corrected chi connectivity index (χ0v) is 19.5. The second kappa shape index (κ2) is 10.6. The van der Waals surface area contributed by atoms with Gasteiger partial charge in [-0.2, -0.15) is 0 Å². The van der Waals surface area contributed by atoms with Crippen LogP contribution in [0, 0.1) is 0 Å². The molecule has 0 fully saturated rings. The molecular weight excluding hydrogens is 450 g/mol. The molecule has 5 aromatic rings. The number of carbonyl (C=O) groups is 1. The third-order valence-corrected chi connectivity index (χ3v) is 5.64. The van der Waals surface area contributed by atoms with E-state index in [2.05, 4.69) is 20.3 Å². The molecule has 178 valence electrons. The van der Waals surface area contributed by atoms with Crippen molar-refractivity contribution in [2.24, 2.45) is 0 Å². The number of hydrogen-bond donors (Lipinski definition) is 3. The third-order valence-electron chi connectivity index (χ3n) is 5.64. The molecule has 0 saturated carbocycles. The number of nitrogen functional groups attached to an aromatic ring is 1. The Bertz CT molecular complexity index is 1450. The molecule has 4 N–H and O–H groups in total. The molecule has 0 spiro atoms. The number of nitrogens with two attached hydrogens (primary N) is 1. The number of ether oxygens (including phenoxy) is 1. The van der Waals surface area contributed by atoms with Crippen LogP contribution in [0.1, 0.15) is 11.1 Å². The molecule has 7 nitrogen and oxygen atoms in total. The average Bonchev–Trinajstić information content (AvgIpc) is 3.35. The number of H-pyrrole nitrogens is 1. The van der Waals surface area contributed by atoms with Crippen molar-refractivity contribution in [1.29, 1.82) is 0 Å². The van der Waals surface area contributed by atoms with Crippen LogP contribution < -0.4 is 15.8 Å². The standard InChI is InChI=1S/C29H25N5O2/c30-29-33-19-25(34-29)22-13-11-20(12-14-22)17-31-27(35)16-21-15-26(36-24-9-5-2-6-10-24)28(32-18-21)23-7-3-1-4-8-23/h1-15,18-19H,16-17H2,(H,31,35)(H3,30,33,34). The van der Waals surface area contributed by atoms with Crippen LogP contribution >= 0.6 is 0 Å². The molecule has 0 aliphatic rings. The van der Waals surface area contributed by atoms with Crippen LogP contribution in [0.3, 0.4) is 0 Å². The number of rotatable bonds is 8. The summed E-state index contributed by atoms with van der Waals surface area (Å²) in [6, 6.07) is 29.1. The molecule has 1 amide bonds. The second-order valence-corrected chi connectivity index (χ2v) is 8.30.